The van der Waals surface area contributed by atoms with E-state index in [4.69, 9.17) is 0 Å². The van der Waals surface area contributed by atoms with E-state index in [0.717, 1.165) is 0 Å². The largest absolute Gasteiger partial charge is 0.320 e. The summed E-state index contributed by atoms with van der Waals surface area (Å²) in [5.74, 6) is 0. The van der Waals surface area contributed by atoms with E-state index in [1.807, 2.05) is 6.07 Å². The molecule has 2 nitrogen and oxygen atoms in total. The highest BCUT2D eigenvalue weighted by atomic mass is 15.4. The zero-order valence-corrected chi connectivity index (χ0v) is 6.81. The van der Waals surface area contributed by atoms with Gasteiger partial charge in [0.2, 0.25) is 0 Å². The SMILES string of the molecule is CC1(C)NNc2ccccc21. The van der Waals surface area contributed by atoms with Crippen molar-refractivity contribution in [2.24, 2.45) is 0 Å². The number of anilines is 1. The van der Waals surface area contributed by atoms with Crippen LogP contribution in [0.25, 0.3) is 0 Å². The van der Waals surface area contributed by atoms with Crippen molar-refractivity contribution in [1.82, 2.24) is 5.43 Å². The first-order chi connectivity index (χ1) is 5.20. The van der Waals surface area contributed by atoms with Gasteiger partial charge in [-0.1, -0.05) is 18.2 Å². The van der Waals surface area contributed by atoms with E-state index >= 15 is 0 Å². The molecule has 0 aromatic heterocycles. The Morgan fingerprint density at radius 1 is 1.18 bits per heavy atom. The lowest BCUT2D eigenvalue weighted by molar-refractivity contribution is 0.471. The Hall–Kier alpha value is -1.02. The van der Waals surface area contributed by atoms with Crippen LogP contribution in [0.5, 0.6) is 0 Å². The maximum Gasteiger partial charge on any atom is 0.0584 e. The maximum atomic E-state index is 3.21. The molecule has 1 aromatic carbocycles. The lowest BCUT2D eigenvalue weighted by Crippen LogP contribution is -2.32. The van der Waals surface area contributed by atoms with Crippen molar-refractivity contribution in [1.29, 1.82) is 0 Å². The normalized spacial score (nSPS) is 19.1. The Labute approximate surface area is 66.6 Å². The van der Waals surface area contributed by atoms with Crippen molar-refractivity contribution in [3.63, 3.8) is 0 Å². The summed E-state index contributed by atoms with van der Waals surface area (Å²) in [6, 6.07) is 8.32. The van der Waals surface area contributed by atoms with E-state index in [1.165, 1.54) is 11.3 Å². The van der Waals surface area contributed by atoms with Crippen LogP contribution in [0.1, 0.15) is 19.4 Å². The van der Waals surface area contributed by atoms with Gasteiger partial charge in [-0.15, -0.1) is 0 Å². The molecule has 0 saturated heterocycles. The number of hydrazine groups is 1. The molecule has 0 bridgehead atoms. The van der Waals surface area contributed by atoms with Crippen LogP contribution in [0.3, 0.4) is 0 Å². The van der Waals surface area contributed by atoms with Gasteiger partial charge in [0.05, 0.1) is 11.2 Å². The van der Waals surface area contributed by atoms with Crippen LogP contribution in [0.2, 0.25) is 0 Å². The predicted octanol–water partition coefficient (Wildman–Crippen LogP) is 1.85. The fourth-order valence-electron chi connectivity index (χ4n) is 1.43. The minimum absolute atomic E-state index is 0.0661. The fraction of sp³-hybridized carbons (Fsp3) is 0.333. The molecule has 2 N–H and O–H groups in total. The highest BCUT2D eigenvalue weighted by Gasteiger charge is 2.27. The molecular formula is C9H12N2. The van der Waals surface area contributed by atoms with Gasteiger partial charge in [-0.25, -0.2) is 5.43 Å². The maximum absolute atomic E-state index is 3.21. The monoisotopic (exact) mass is 148 g/mol. The second kappa shape index (κ2) is 1.98. The number of benzene rings is 1. The van der Waals surface area contributed by atoms with Crippen LogP contribution in [0, 0.1) is 0 Å². The molecule has 2 heteroatoms. The van der Waals surface area contributed by atoms with Gasteiger partial charge in [0.1, 0.15) is 0 Å². The third kappa shape index (κ3) is 0.906. The molecule has 0 amide bonds. The van der Waals surface area contributed by atoms with Crippen molar-refractivity contribution >= 4 is 5.69 Å². The van der Waals surface area contributed by atoms with Crippen LogP contribution in [0.15, 0.2) is 24.3 Å². The van der Waals surface area contributed by atoms with Gasteiger partial charge in [0.25, 0.3) is 0 Å². The Morgan fingerprint density at radius 2 is 1.91 bits per heavy atom. The lowest BCUT2D eigenvalue weighted by atomic mass is 9.96. The van der Waals surface area contributed by atoms with Gasteiger partial charge in [-0.05, 0) is 25.5 Å². The molecule has 0 unspecified atom stereocenters. The van der Waals surface area contributed by atoms with E-state index in [0.29, 0.717) is 0 Å². The summed E-state index contributed by atoms with van der Waals surface area (Å²) < 4.78 is 0. The topological polar surface area (TPSA) is 24.1 Å². The van der Waals surface area contributed by atoms with Gasteiger partial charge in [0, 0.05) is 0 Å². The molecule has 1 heterocycles. The van der Waals surface area contributed by atoms with Crippen molar-refractivity contribution in [2.45, 2.75) is 19.4 Å². The minimum Gasteiger partial charge on any atom is -0.320 e. The first-order valence-electron chi connectivity index (χ1n) is 3.83. The van der Waals surface area contributed by atoms with Gasteiger partial charge >= 0.3 is 0 Å². The van der Waals surface area contributed by atoms with Crippen molar-refractivity contribution in [3.05, 3.63) is 29.8 Å². The number of para-hydroxylation sites is 1. The van der Waals surface area contributed by atoms with E-state index in [2.05, 4.69) is 42.9 Å². The molecule has 58 valence electrons. The first-order valence-corrected chi connectivity index (χ1v) is 3.83. The number of hydrogen-bond acceptors (Lipinski definition) is 2. The molecule has 11 heavy (non-hydrogen) atoms. The second-order valence-electron chi connectivity index (χ2n) is 3.42. The summed E-state index contributed by atoms with van der Waals surface area (Å²) in [5, 5.41) is 0. The molecule has 0 aliphatic carbocycles. The zero-order valence-electron chi connectivity index (χ0n) is 6.81. The lowest BCUT2D eigenvalue weighted by Gasteiger charge is -2.17. The number of nitrogens with one attached hydrogen (secondary N) is 2. The Kier molecular flexibility index (Phi) is 1.20. The van der Waals surface area contributed by atoms with E-state index in [1.54, 1.807) is 0 Å². The van der Waals surface area contributed by atoms with E-state index in [-0.39, 0.29) is 5.54 Å². The standard InChI is InChI=1S/C9H12N2/c1-9(2)7-5-3-4-6-8(7)10-11-9/h3-6,10-11H,1-2H3. The molecule has 1 aromatic rings. The predicted molar refractivity (Wildman–Crippen MR) is 46.2 cm³/mol. The molecule has 0 fully saturated rings. The van der Waals surface area contributed by atoms with Gasteiger partial charge < -0.3 is 5.43 Å². The number of hydrogen-bond donors (Lipinski definition) is 2. The molecule has 0 atom stereocenters. The molecule has 0 radical (unpaired) electrons. The Bertz CT molecular complexity index is 279. The fourth-order valence-corrected chi connectivity index (χ4v) is 1.43. The summed E-state index contributed by atoms with van der Waals surface area (Å²) in [5.41, 5.74) is 8.94. The summed E-state index contributed by atoms with van der Waals surface area (Å²) in [6.07, 6.45) is 0. The van der Waals surface area contributed by atoms with Crippen LogP contribution >= 0.6 is 0 Å². The third-order valence-corrected chi connectivity index (χ3v) is 2.11. The smallest absolute Gasteiger partial charge is 0.0584 e. The highest BCUT2D eigenvalue weighted by molar-refractivity contribution is 5.57. The van der Waals surface area contributed by atoms with Crippen LogP contribution in [-0.2, 0) is 5.54 Å². The van der Waals surface area contributed by atoms with Crippen LogP contribution in [-0.4, -0.2) is 0 Å². The van der Waals surface area contributed by atoms with Crippen LogP contribution < -0.4 is 10.9 Å². The van der Waals surface area contributed by atoms with Crippen molar-refractivity contribution < 1.29 is 0 Å². The average Bonchev–Trinajstić information content (AvgIpc) is 2.29. The summed E-state index contributed by atoms with van der Waals surface area (Å²) in [4.78, 5) is 0. The average molecular weight is 148 g/mol. The highest BCUT2D eigenvalue weighted by Crippen LogP contribution is 2.31. The third-order valence-electron chi connectivity index (χ3n) is 2.11. The van der Waals surface area contributed by atoms with Gasteiger partial charge in [-0.3, -0.25) is 0 Å². The zero-order chi connectivity index (χ0) is 7.90. The van der Waals surface area contributed by atoms with E-state index < -0.39 is 0 Å². The van der Waals surface area contributed by atoms with Crippen molar-refractivity contribution in [3.8, 4) is 0 Å². The number of rotatable bonds is 0. The molecular weight excluding hydrogens is 136 g/mol. The number of fused-ring (bicyclic) bond motifs is 1. The Morgan fingerprint density at radius 3 is 2.64 bits per heavy atom. The summed E-state index contributed by atoms with van der Waals surface area (Å²) in [7, 11) is 0. The minimum atomic E-state index is 0.0661. The molecule has 1 aliphatic rings. The first kappa shape index (κ1) is 6.68. The van der Waals surface area contributed by atoms with Crippen molar-refractivity contribution in [2.75, 3.05) is 5.43 Å². The molecule has 1 aliphatic heterocycles. The van der Waals surface area contributed by atoms with E-state index in [9.17, 15) is 0 Å². The van der Waals surface area contributed by atoms with Gasteiger partial charge in [-0.2, -0.15) is 0 Å². The summed E-state index contributed by atoms with van der Waals surface area (Å²) in [6.45, 7) is 4.32. The Balaban J connectivity index is 2.56. The molecule has 2 rings (SSSR count). The molecule has 0 spiro atoms. The quantitative estimate of drug-likeness (QED) is 0.586. The van der Waals surface area contributed by atoms with Crippen LogP contribution in [0.4, 0.5) is 5.69 Å². The summed E-state index contributed by atoms with van der Waals surface area (Å²) >= 11 is 0. The second-order valence-corrected chi connectivity index (χ2v) is 3.42. The molecule has 0 saturated carbocycles. The van der Waals surface area contributed by atoms with Gasteiger partial charge in [0.15, 0.2) is 0 Å².